The van der Waals surface area contributed by atoms with Gasteiger partial charge in [0, 0.05) is 17.2 Å². The van der Waals surface area contributed by atoms with Crippen LogP contribution in [0.4, 0.5) is 5.69 Å². The molecule has 1 unspecified atom stereocenters. The lowest BCUT2D eigenvalue weighted by Crippen LogP contribution is -2.14. The number of anilines is 1. The van der Waals surface area contributed by atoms with Crippen molar-refractivity contribution in [3.8, 4) is 11.5 Å². The molecule has 0 aromatic heterocycles. The van der Waals surface area contributed by atoms with E-state index >= 15 is 0 Å². The molecule has 1 aliphatic rings. The Morgan fingerprint density at radius 3 is 2.90 bits per heavy atom. The summed E-state index contributed by atoms with van der Waals surface area (Å²) in [5, 5.41) is 13.2. The van der Waals surface area contributed by atoms with Crippen molar-refractivity contribution in [2.45, 2.75) is 6.04 Å². The van der Waals surface area contributed by atoms with E-state index in [0.717, 1.165) is 5.56 Å². The van der Waals surface area contributed by atoms with E-state index in [4.69, 9.17) is 22.1 Å². The van der Waals surface area contributed by atoms with Crippen molar-refractivity contribution in [2.75, 3.05) is 11.9 Å². The number of nitrogens with one attached hydrogen (secondary N) is 1. The van der Waals surface area contributed by atoms with Gasteiger partial charge in [0.15, 0.2) is 0 Å². The van der Waals surface area contributed by atoms with E-state index in [-0.39, 0.29) is 11.8 Å². The van der Waals surface area contributed by atoms with Crippen LogP contribution in [0.5, 0.6) is 11.5 Å². The number of aromatic hydroxyl groups is 1. The fourth-order valence-corrected chi connectivity index (χ4v) is 2.47. The van der Waals surface area contributed by atoms with Gasteiger partial charge in [0.1, 0.15) is 18.1 Å². The average Bonchev–Trinajstić information content (AvgIpc) is 2.83. The van der Waals surface area contributed by atoms with Crippen LogP contribution in [-0.4, -0.2) is 17.6 Å². The van der Waals surface area contributed by atoms with Gasteiger partial charge >= 0.3 is 0 Å². The number of amides is 1. The summed E-state index contributed by atoms with van der Waals surface area (Å²) < 4.78 is 5.52. The van der Waals surface area contributed by atoms with E-state index in [2.05, 4.69) is 5.32 Å². The molecule has 3 rings (SSSR count). The number of carbonyl (C=O) groups excluding carboxylic acids is 1. The van der Waals surface area contributed by atoms with Gasteiger partial charge in [-0.1, -0.05) is 11.6 Å². The number of halogens is 1. The van der Waals surface area contributed by atoms with Gasteiger partial charge in [0.2, 0.25) is 5.91 Å². The lowest BCUT2D eigenvalue weighted by molar-refractivity contribution is 0.100. The van der Waals surface area contributed by atoms with Gasteiger partial charge < -0.3 is 20.9 Å². The van der Waals surface area contributed by atoms with Crippen LogP contribution in [0.25, 0.3) is 0 Å². The van der Waals surface area contributed by atoms with E-state index < -0.39 is 5.91 Å². The first-order valence-corrected chi connectivity index (χ1v) is 6.74. The molecule has 0 bridgehead atoms. The highest BCUT2D eigenvalue weighted by molar-refractivity contribution is 6.33. The summed E-state index contributed by atoms with van der Waals surface area (Å²) in [6.45, 7) is 0.413. The Bertz CT molecular complexity index is 718. The number of primary amides is 1. The molecular weight excluding hydrogens is 292 g/mol. The predicted octanol–water partition coefficient (Wildman–Crippen LogP) is 2.69. The monoisotopic (exact) mass is 304 g/mol. The first-order chi connectivity index (χ1) is 10.0. The third-order valence-corrected chi connectivity index (χ3v) is 3.69. The van der Waals surface area contributed by atoms with Crippen LogP contribution in [0.15, 0.2) is 36.4 Å². The Kier molecular flexibility index (Phi) is 3.35. The molecule has 0 fully saturated rings. The molecule has 4 N–H and O–H groups in total. The van der Waals surface area contributed by atoms with Gasteiger partial charge in [-0.15, -0.1) is 0 Å². The molecule has 1 amide bonds. The number of phenols is 1. The zero-order valence-electron chi connectivity index (χ0n) is 11.0. The van der Waals surface area contributed by atoms with Crippen molar-refractivity contribution in [2.24, 2.45) is 5.73 Å². The maximum Gasteiger partial charge on any atom is 0.248 e. The molecule has 0 spiro atoms. The first kappa shape index (κ1) is 13.6. The maximum absolute atomic E-state index is 11.2. The number of hydrogen-bond donors (Lipinski definition) is 3. The normalized spacial score (nSPS) is 16.1. The fraction of sp³-hybridized carbons (Fsp3) is 0.133. The number of fused-ring (bicyclic) bond motifs is 1. The number of rotatable bonds is 3. The molecule has 0 saturated heterocycles. The first-order valence-electron chi connectivity index (χ1n) is 6.36. The number of carbonyl (C=O) groups is 1. The summed E-state index contributed by atoms with van der Waals surface area (Å²) in [5.74, 6) is 0.278. The molecule has 5 nitrogen and oxygen atoms in total. The molecular formula is C15H13ClN2O3. The van der Waals surface area contributed by atoms with Crippen LogP contribution in [-0.2, 0) is 0 Å². The minimum atomic E-state index is -0.511. The van der Waals surface area contributed by atoms with Gasteiger partial charge in [-0.25, -0.2) is 0 Å². The second kappa shape index (κ2) is 5.18. The van der Waals surface area contributed by atoms with Crippen molar-refractivity contribution < 1.29 is 14.6 Å². The molecule has 1 aliphatic heterocycles. The third kappa shape index (κ3) is 2.60. The standard InChI is InChI=1S/C15H13ClN2O3/c16-11-4-1-8(15(17)20)5-12(11)18-13-7-21-14-6-9(19)2-3-10(13)14/h1-6,13,18-19H,7H2,(H2,17,20). The van der Waals surface area contributed by atoms with Crippen molar-refractivity contribution >= 4 is 23.2 Å². The number of hydrogen-bond acceptors (Lipinski definition) is 4. The Morgan fingerprint density at radius 1 is 1.33 bits per heavy atom. The largest absolute Gasteiger partial charge is 0.508 e. The van der Waals surface area contributed by atoms with Crippen LogP contribution in [0.3, 0.4) is 0 Å². The second-order valence-corrected chi connectivity index (χ2v) is 5.20. The lowest BCUT2D eigenvalue weighted by atomic mass is 10.1. The highest BCUT2D eigenvalue weighted by Gasteiger charge is 2.25. The quantitative estimate of drug-likeness (QED) is 0.814. The Labute approximate surface area is 126 Å². The van der Waals surface area contributed by atoms with E-state index in [1.807, 2.05) is 0 Å². The molecule has 6 heteroatoms. The smallest absolute Gasteiger partial charge is 0.248 e. The lowest BCUT2D eigenvalue weighted by Gasteiger charge is -2.15. The SMILES string of the molecule is NC(=O)c1ccc(Cl)c(NC2COc3cc(O)ccc32)c1. The Balaban J connectivity index is 1.89. The van der Waals surface area contributed by atoms with Crippen molar-refractivity contribution in [1.29, 1.82) is 0 Å². The zero-order valence-corrected chi connectivity index (χ0v) is 11.7. The fourth-order valence-electron chi connectivity index (χ4n) is 2.30. The molecule has 2 aromatic rings. The van der Waals surface area contributed by atoms with Crippen LogP contribution in [0.1, 0.15) is 22.0 Å². The predicted molar refractivity (Wildman–Crippen MR) is 79.9 cm³/mol. The van der Waals surface area contributed by atoms with Crippen LogP contribution in [0.2, 0.25) is 5.02 Å². The molecule has 1 heterocycles. The summed E-state index contributed by atoms with van der Waals surface area (Å²) >= 11 is 6.14. The molecule has 1 atom stereocenters. The molecule has 2 aromatic carbocycles. The highest BCUT2D eigenvalue weighted by Crippen LogP contribution is 2.38. The zero-order chi connectivity index (χ0) is 15.0. The van der Waals surface area contributed by atoms with E-state index in [1.54, 1.807) is 36.4 Å². The van der Waals surface area contributed by atoms with Crippen molar-refractivity contribution in [1.82, 2.24) is 0 Å². The van der Waals surface area contributed by atoms with Gasteiger partial charge in [-0.05, 0) is 30.3 Å². The van der Waals surface area contributed by atoms with Crippen molar-refractivity contribution in [3.05, 3.63) is 52.5 Å². The summed E-state index contributed by atoms with van der Waals surface area (Å²) in [6.07, 6.45) is 0. The van der Waals surface area contributed by atoms with Crippen LogP contribution >= 0.6 is 11.6 Å². The summed E-state index contributed by atoms with van der Waals surface area (Å²) in [5.41, 5.74) is 7.19. The van der Waals surface area contributed by atoms with Crippen molar-refractivity contribution in [3.63, 3.8) is 0 Å². The minimum Gasteiger partial charge on any atom is -0.508 e. The number of ether oxygens (including phenoxy) is 1. The molecule has 108 valence electrons. The molecule has 0 radical (unpaired) electrons. The van der Waals surface area contributed by atoms with E-state index in [0.29, 0.717) is 28.6 Å². The number of nitrogens with two attached hydrogens (primary N) is 1. The Hall–Kier alpha value is -2.40. The average molecular weight is 305 g/mol. The van der Waals surface area contributed by atoms with Crippen LogP contribution < -0.4 is 15.8 Å². The molecule has 0 aliphatic carbocycles. The minimum absolute atomic E-state index is 0.110. The van der Waals surface area contributed by atoms with Gasteiger partial charge in [-0.3, -0.25) is 4.79 Å². The van der Waals surface area contributed by atoms with E-state index in [1.165, 1.54) is 0 Å². The number of phenolic OH excluding ortho intramolecular Hbond substituents is 1. The van der Waals surface area contributed by atoms with Gasteiger partial charge in [0.05, 0.1) is 16.8 Å². The van der Waals surface area contributed by atoms with E-state index in [9.17, 15) is 9.90 Å². The van der Waals surface area contributed by atoms with Crippen LogP contribution in [0, 0.1) is 0 Å². The van der Waals surface area contributed by atoms with Gasteiger partial charge in [0.25, 0.3) is 0 Å². The molecule has 21 heavy (non-hydrogen) atoms. The second-order valence-electron chi connectivity index (χ2n) is 4.79. The summed E-state index contributed by atoms with van der Waals surface area (Å²) in [4.78, 5) is 11.2. The maximum atomic E-state index is 11.2. The molecule has 0 saturated carbocycles. The topological polar surface area (TPSA) is 84.6 Å². The summed E-state index contributed by atoms with van der Waals surface area (Å²) in [7, 11) is 0. The Morgan fingerprint density at radius 2 is 2.14 bits per heavy atom. The third-order valence-electron chi connectivity index (χ3n) is 3.36. The number of benzene rings is 2. The highest BCUT2D eigenvalue weighted by atomic mass is 35.5. The summed E-state index contributed by atoms with van der Waals surface area (Å²) in [6, 6.07) is 9.66. The van der Waals surface area contributed by atoms with Gasteiger partial charge in [-0.2, -0.15) is 0 Å².